The van der Waals surface area contributed by atoms with Gasteiger partial charge in [-0.1, -0.05) is 180 Å². The van der Waals surface area contributed by atoms with Crippen molar-refractivity contribution >= 4 is 50.2 Å². The normalized spacial score (nSPS) is 34.8. The van der Waals surface area contributed by atoms with Gasteiger partial charge in [-0.25, -0.2) is 0 Å². The van der Waals surface area contributed by atoms with Crippen molar-refractivity contribution in [1.82, 2.24) is 0 Å². The van der Waals surface area contributed by atoms with Crippen LogP contribution < -0.4 is 0 Å². The van der Waals surface area contributed by atoms with Crippen molar-refractivity contribution in [1.29, 1.82) is 0 Å². The first-order valence-corrected chi connectivity index (χ1v) is 45.8. The van der Waals surface area contributed by atoms with Crippen molar-refractivity contribution in [2.45, 2.75) is 199 Å². The van der Waals surface area contributed by atoms with Crippen molar-refractivity contribution in [2.75, 3.05) is 0 Å². The fourth-order valence-electron chi connectivity index (χ4n) is 17.2. The van der Waals surface area contributed by atoms with E-state index in [1.54, 1.807) is 55.7 Å². The number of hydrogen-bond acceptors (Lipinski definition) is 0. The summed E-state index contributed by atoms with van der Waals surface area (Å²) in [5.74, 6) is 9.04. The average Bonchev–Trinajstić information content (AvgIpc) is 4.04. The molecule has 0 aromatic rings. The van der Waals surface area contributed by atoms with Gasteiger partial charge in [0.05, 0.1) is 16.1 Å². The van der Waals surface area contributed by atoms with Gasteiger partial charge in [-0.3, -0.25) is 0 Å². The van der Waals surface area contributed by atoms with Crippen molar-refractivity contribution in [3.05, 3.63) is 122 Å². The van der Waals surface area contributed by atoms with Gasteiger partial charge in [0.15, 0.2) is 0 Å². The minimum absolute atomic E-state index is 0. The number of hydrogen-bond donors (Lipinski definition) is 0. The van der Waals surface area contributed by atoms with Gasteiger partial charge in [-0.05, 0) is 193 Å². The molecule has 408 valence electrons. The second-order valence-electron chi connectivity index (χ2n) is 26.9. The van der Waals surface area contributed by atoms with E-state index < -0.39 is 57.8 Å². The topological polar surface area (TPSA) is 0 Å². The maximum atomic E-state index is 4.93. The first-order valence-electron chi connectivity index (χ1n) is 26.8. The van der Waals surface area contributed by atoms with Crippen LogP contribution in [-0.4, -0.2) is 16.1 Å². The van der Waals surface area contributed by atoms with Crippen molar-refractivity contribution in [2.24, 2.45) is 81.8 Å². The molecule has 0 spiro atoms. The predicted octanol–water partition coefficient (Wildman–Crippen LogP) is 23.0. The fourth-order valence-corrected chi connectivity index (χ4v) is 28.8. The maximum absolute atomic E-state index is 4.93. The van der Waals surface area contributed by atoms with E-state index >= 15 is 0 Å². The zero-order valence-electron chi connectivity index (χ0n) is 51.0. The second kappa shape index (κ2) is 27.6. The Morgan fingerprint density at radius 2 is 0.708 bits per heavy atom. The van der Waals surface area contributed by atoms with Crippen molar-refractivity contribution in [3.8, 4) is 0 Å². The van der Waals surface area contributed by atoms with Crippen molar-refractivity contribution < 1.29 is 41.7 Å². The molecular formula is C64H108Cl4Si2Zr2. The first-order chi connectivity index (χ1) is 31.4. The third-order valence-electron chi connectivity index (χ3n) is 21.6. The Morgan fingerprint density at radius 3 is 1.00 bits per heavy atom. The molecule has 72 heavy (non-hydrogen) atoms. The van der Waals surface area contributed by atoms with Crippen LogP contribution in [0.5, 0.6) is 0 Å². The van der Waals surface area contributed by atoms with Crippen LogP contribution in [0.3, 0.4) is 0 Å². The van der Waals surface area contributed by atoms with Gasteiger partial charge < -0.3 is 29.7 Å². The summed E-state index contributed by atoms with van der Waals surface area (Å²) in [6, 6.07) is 0. The quantitative estimate of drug-likeness (QED) is 0.194. The molecule has 8 aliphatic rings. The van der Waals surface area contributed by atoms with E-state index in [-0.39, 0.29) is 40.5 Å². The standard InChI is InChI=1S/C38H58Si.C22H38Si.4CH3.4ClH.2Zr/c1-21-22(2)24(4)34-33(23(21)3)25(5)26(6)35(34)39(13,14)36-31-19-27(37(7,8)9)15-17-29(31)30-18-16-28(20-32(30)36)38(10,11)12;1-13-14(2)16(4)21-20(15(13)3)17(5)18(6)22(21)23(7,8)19-11-9-10-12-19;;;;;;;;;;/h15-20,25-26,29-36H,1-14H3;17-22H,9-12H2,1-8H3;4*1H3;4*1H;;/q;;4*-1;;;;;2*+4/p-4. The van der Waals surface area contributed by atoms with E-state index in [0.29, 0.717) is 23.7 Å². The van der Waals surface area contributed by atoms with Gasteiger partial charge in [0.1, 0.15) is 0 Å². The van der Waals surface area contributed by atoms with Crippen LogP contribution in [0.15, 0.2) is 92.2 Å². The molecule has 0 aromatic carbocycles. The molecule has 0 aliphatic heterocycles. The molecule has 0 aromatic heterocycles. The number of rotatable bonds is 4. The second-order valence-corrected chi connectivity index (χ2v) is 44.5. The monoisotopic (exact) mass is 1250 g/mol. The minimum atomic E-state index is -1.78. The molecule has 0 saturated heterocycles. The van der Waals surface area contributed by atoms with Crippen LogP contribution in [0.1, 0.15) is 150 Å². The zero-order chi connectivity index (χ0) is 51.5. The van der Waals surface area contributed by atoms with Gasteiger partial charge in [0.2, 0.25) is 0 Å². The van der Waals surface area contributed by atoms with Gasteiger partial charge in [0, 0.05) is 0 Å². The molecule has 0 radical (unpaired) electrons. The molecule has 0 heterocycles. The first kappa shape index (κ1) is 71.3. The molecule has 14 unspecified atom stereocenters. The Balaban J connectivity index is 0.000000674. The Kier molecular flexibility index (Phi) is 27.4. The van der Waals surface area contributed by atoms with Crippen LogP contribution >= 0.6 is 34.1 Å². The van der Waals surface area contributed by atoms with Crippen LogP contribution in [-0.2, 0) is 41.7 Å². The van der Waals surface area contributed by atoms with Gasteiger partial charge in [-0.15, -0.1) is 0 Å². The summed E-state index contributed by atoms with van der Waals surface area (Å²) in [4.78, 5) is 0. The van der Waals surface area contributed by atoms with E-state index in [4.69, 9.17) is 34.1 Å². The molecular weight excluding hydrogens is 1150 g/mol. The zero-order valence-corrected chi connectivity index (χ0v) is 61.0. The molecule has 8 heteroatoms. The average molecular weight is 1260 g/mol. The summed E-state index contributed by atoms with van der Waals surface area (Å²) in [7, 11) is 16.7. The molecule has 4 saturated carbocycles. The summed E-state index contributed by atoms with van der Waals surface area (Å²) < 4.78 is 0. The number of fused-ring (bicyclic) bond motifs is 5. The Labute approximate surface area is 489 Å². The Bertz CT molecular complexity index is 2040. The molecule has 8 aliphatic carbocycles. The molecule has 0 N–H and O–H groups in total. The molecule has 8 rings (SSSR count). The van der Waals surface area contributed by atoms with Gasteiger partial charge in [0.25, 0.3) is 0 Å². The van der Waals surface area contributed by atoms with Gasteiger partial charge >= 0.3 is 75.7 Å². The molecule has 0 amide bonds. The van der Waals surface area contributed by atoms with Crippen LogP contribution in [0.25, 0.3) is 0 Å². The van der Waals surface area contributed by atoms with Gasteiger partial charge in [-0.2, -0.15) is 0 Å². The van der Waals surface area contributed by atoms with E-state index in [2.05, 4.69) is 187 Å². The SMILES string of the molecule is CC1=C(C)C2C(C)C(C)C([Si](C)(C)C3C4C=C(C(C)(C)C)C=CC4C4C=CC(C(C)(C)C)=CC43)C2C(C)=C1C.CC1=C(C)C2C(C)C(C)C([Si](C)(C)C3CCCC3)C2C(C)=C1C.[CH3-].[CH3-].[CH3-].[CH3-].[Cl][Zr+2][Cl].[Cl][Zr+2][Cl]. The summed E-state index contributed by atoms with van der Waals surface area (Å²) in [5.41, 5.74) is 20.5. The van der Waals surface area contributed by atoms with E-state index in [1.165, 1.54) is 25.7 Å². The Hall–Kier alpha value is 1.28. The summed E-state index contributed by atoms with van der Waals surface area (Å²) >= 11 is -1.65. The fraction of sp³-hybridized carbons (Fsp3) is 0.688. The van der Waals surface area contributed by atoms with Crippen LogP contribution in [0.2, 0.25) is 48.4 Å². The number of halogens is 4. The molecule has 14 atom stereocenters. The molecule has 4 fully saturated rings. The molecule has 0 bridgehead atoms. The number of allylic oxidation sites excluding steroid dienone is 16. The molecule has 0 nitrogen and oxygen atoms in total. The van der Waals surface area contributed by atoms with E-state index in [1.807, 2.05) is 0 Å². The van der Waals surface area contributed by atoms with E-state index in [0.717, 1.165) is 69.5 Å². The summed E-state index contributed by atoms with van der Waals surface area (Å²) in [5, 5.41) is 0. The summed E-state index contributed by atoms with van der Waals surface area (Å²) in [6.07, 6.45) is 21.9. The van der Waals surface area contributed by atoms with Crippen LogP contribution in [0, 0.1) is 112 Å². The predicted molar refractivity (Wildman–Crippen MR) is 329 cm³/mol. The summed E-state index contributed by atoms with van der Waals surface area (Å²) in [6.45, 7) is 55.5. The third kappa shape index (κ3) is 13.4. The van der Waals surface area contributed by atoms with Crippen molar-refractivity contribution in [3.63, 3.8) is 0 Å². The Morgan fingerprint density at radius 1 is 0.431 bits per heavy atom. The third-order valence-corrected chi connectivity index (χ3v) is 32.0. The van der Waals surface area contributed by atoms with E-state index in [9.17, 15) is 0 Å². The van der Waals surface area contributed by atoms with Crippen LogP contribution in [0.4, 0.5) is 0 Å².